The lowest BCUT2D eigenvalue weighted by Gasteiger charge is -2.20. The molecule has 0 saturated heterocycles. The fourth-order valence-electron chi connectivity index (χ4n) is 4.77. The minimum Gasteiger partial charge on any atom is -0.489 e. The standard InChI is InChI=1S/C34H31BrN2O7/c1-21(38)33(34(39)40)37-18-25-8-10-27(16-30(25)44-19-23-5-2-4-22(14-23)17-36)43-20-26-6-3-7-28(32(26)35)24-9-11-29-31(15-24)42-13-12-41-29/h2-11,14-16,21,33,37-38H,12-13,18-20H2,1H3,(H,39,40)/t21-,33+/m1/s1. The van der Waals surface area contributed by atoms with Gasteiger partial charge in [0.25, 0.3) is 0 Å². The number of hydrogen-bond donors (Lipinski definition) is 3. The van der Waals surface area contributed by atoms with Crippen molar-refractivity contribution in [3.8, 4) is 40.2 Å². The Labute approximate surface area is 263 Å². The summed E-state index contributed by atoms with van der Waals surface area (Å²) >= 11 is 3.76. The van der Waals surface area contributed by atoms with Crippen LogP contribution in [0.3, 0.4) is 0 Å². The molecule has 5 rings (SSSR count). The quantitative estimate of drug-likeness (QED) is 0.172. The van der Waals surface area contributed by atoms with Crippen LogP contribution in [0.25, 0.3) is 11.1 Å². The number of carboxylic acids is 1. The zero-order valence-electron chi connectivity index (χ0n) is 24.0. The number of hydrogen-bond acceptors (Lipinski definition) is 8. The second kappa shape index (κ2) is 14.3. The molecule has 0 radical (unpaired) electrons. The minimum atomic E-state index is -1.15. The van der Waals surface area contributed by atoms with Gasteiger partial charge in [0.2, 0.25) is 0 Å². The first-order valence-electron chi connectivity index (χ1n) is 14.0. The summed E-state index contributed by atoms with van der Waals surface area (Å²) < 4.78 is 24.6. The number of carboxylic acid groups (broad SMARTS) is 1. The summed E-state index contributed by atoms with van der Waals surface area (Å²) in [5.41, 5.74) is 4.91. The van der Waals surface area contributed by atoms with Crippen LogP contribution >= 0.6 is 15.9 Å². The largest absolute Gasteiger partial charge is 0.489 e. The summed E-state index contributed by atoms with van der Waals surface area (Å²) in [6.07, 6.45) is -1.09. The summed E-state index contributed by atoms with van der Waals surface area (Å²) in [5.74, 6) is 1.33. The van der Waals surface area contributed by atoms with Gasteiger partial charge in [0.15, 0.2) is 11.5 Å². The van der Waals surface area contributed by atoms with Crippen molar-refractivity contribution in [2.45, 2.75) is 38.8 Å². The zero-order valence-corrected chi connectivity index (χ0v) is 25.5. The van der Waals surface area contributed by atoms with E-state index in [1.54, 1.807) is 36.4 Å². The van der Waals surface area contributed by atoms with Gasteiger partial charge in [-0.05, 0) is 69.9 Å². The Hall–Kier alpha value is -4.56. The van der Waals surface area contributed by atoms with E-state index >= 15 is 0 Å². The third-order valence-corrected chi connectivity index (χ3v) is 8.01. The number of nitrogens with zero attached hydrogens (tertiary/aromatic N) is 1. The predicted octanol–water partition coefficient (Wildman–Crippen LogP) is 5.84. The Morgan fingerprint density at radius 2 is 1.77 bits per heavy atom. The number of benzene rings is 4. The number of ether oxygens (including phenoxy) is 4. The maximum atomic E-state index is 11.6. The molecule has 44 heavy (non-hydrogen) atoms. The summed E-state index contributed by atoms with van der Waals surface area (Å²) in [7, 11) is 0. The Morgan fingerprint density at radius 1 is 0.977 bits per heavy atom. The van der Waals surface area contributed by atoms with E-state index in [0.717, 1.165) is 32.5 Å². The SMILES string of the molecule is C[C@@H](O)[C@H](NCc1ccc(OCc2cccc(-c3ccc4c(c3)OCCO4)c2Br)cc1OCc1cccc(C#N)c1)C(=O)O. The first kappa shape index (κ1) is 30.9. The smallest absolute Gasteiger partial charge is 0.323 e. The fourth-order valence-corrected chi connectivity index (χ4v) is 5.37. The Bertz CT molecular complexity index is 1680. The lowest BCUT2D eigenvalue weighted by atomic mass is 10.0. The molecule has 1 heterocycles. The first-order valence-corrected chi connectivity index (χ1v) is 14.8. The number of aliphatic hydroxyl groups is 1. The molecule has 0 saturated carbocycles. The molecule has 0 aromatic heterocycles. The summed E-state index contributed by atoms with van der Waals surface area (Å²) in [4.78, 5) is 11.6. The van der Waals surface area contributed by atoms with E-state index in [-0.39, 0.29) is 19.8 Å². The third-order valence-electron chi connectivity index (χ3n) is 7.08. The third kappa shape index (κ3) is 7.50. The molecule has 4 aromatic carbocycles. The predicted molar refractivity (Wildman–Crippen MR) is 167 cm³/mol. The van der Waals surface area contributed by atoms with E-state index in [1.165, 1.54) is 6.92 Å². The Balaban J connectivity index is 1.35. The normalized spacial score (nSPS) is 13.4. The van der Waals surface area contributed by atoms with Crippen LogP contribution < -0.4 is 24.3 Å². The molecule has 0 amide bonds. The highest BCUT2D eigenvalue weighted by atomic mass is 79.9. The minimum absolute atomic E-state index is 0.138. The lowest BCUT2D eigenvalue weighted by molar-refractivity contribution is -0.142. The number of halogens is 1. The van der Waals surface area contributed by atoms with Gasteiger partial charge < -0.3 is 29.2 Å². The van der Waals surface area contributed by atoms with Gasteiger partial charge in [0.1, 0.15) is 44.0 Å². The van der Waals surface area contributed by atoms with Gasteiger partial charge in [-0.1, -0.05) is 42.5 Å². The maximum Gasteiger partial charge on any atom is 0.323 e. The van der Waals surface area contributed by atoms with Crippen molar-refractivity contribution in [1.82, 2.24) is 5.32 Å². The van der Waals surface area contributed by atoms with Crippen LogP contribution in [-0.2, 0) is 24.6 Å². The van der Waals surface area contributed by atoms with Crippen molar-refractivity contribution in [2.24, 2.45) is 0 Å². The van der Waals surface area contributed by atoms with Crippen LogP contribution in [0.4, 0.5) is 0 Å². The molecule has 1 aliphatic heterocycles. The van der Waals surface area contributed by atoms with Crippen molar-refractivity contribution in [1.29, 1.82) is 5.26 Å². The van der Waals surface area contributed by atoms with Crippen molar-refractivity contribution < 1.29 is 34.0 Å². The van der Waals surface area contributed by atoms with Crippen molar-refractivity contribution in [3.63, 3.8) is 0 Å². The Kier molecular flexibility index (Phi) is 10.0. The number of aliphatic hydroxyl groups excluding tert-OH is 1. The van der Waals surface area contributed by atoms with Gasteiger partial charge >= 0.3 is 5.97 Å². The lowest BCUT2D eigenvalue weighted by Crippen LogP contribution is -2.44. The number of aliphatic carboxylic acids is 1. The average molecular weight is 660 g/mol. The van der Waals surface area contributed by atoms with Gasteiger partial charge in [-0.25, -0.2) is 0 Å². The molecule has 0 unspecified atom stereocenters. The van der Waals surface area contributed by atoms with E-state index in [9.17, 15) is 20.3 Å². The Morgan fingerprint density at radius 3 is 2.55 bits per heavy atom. The highest BCUT2D eigenvalue weighted by molar-refractivity contribution is 9.10. The fraction of sp³-hybridized carbons (Fsp3) is 0.235. The summed E-state index contributed by atoms with van der Waals surface area (Å²) in [6.45, 7) is 3.06. The van der Waals surface area contributed by atoms with E-state index < -0.39 is 18.1 Å². The molecule has 10 heteroatoms. The van der Waals surface area contributed by atoms with Crippen LogP contribution in [0, 0.1) is 11.3 Å². The highest BCUT2D eigenvalue weighted by Gasteiger charge is 2.23. The molecular formula is C34H31BrN2O7. The molecule has 2 atom stereocenters. The molecule has 3 N–H and O–H groups in total. The highest BCUT2D eigenvalue weighted by Crippen LogP contribution is 2.38. The second-order valence-corrected chi connectivity index (χ2v) is 11.0. The van der Waals surface area contributed by atoms with Gasteiger partial charge in [0, 0.05) is 28.2 Å². The van der Waals surface area contributed by atoms with Crippen LogP contribution in [-0.4, -0.2) is 41.5 Å². The topological polar surface area (TPSA) is 130 Å². The maximum absolute atomic E-state index is 11.6. The van der Waals surface area contributed by atoms with Crippen molar-refractivity contribution in [3.05, 3.63) is 106 Å². The molecule has 226 valence electrons. The molecule has 0 fully saturated rings. The molecule has 0 aliphatic carbocycles. The van der Waals surface area contributed by atoms with Crippen LogP contribution in [0.5, 0.6) is 23.0 Å². The second-order valence-electron chi connectivity index (χ2n) is 10.2. The first-order chi connectivity index (χ1) is 21.3. The summed E-state index contributed by atoms with van der Waals surface area (Å²) in [6, 6.07) is 25.3. The van der Waals surface area contributed by atoms with Crippen molar-refractivity contribution >= 4 is 21.9 Å². The van der Waals surface area contributed by atoms with E-state index in [0.29, 0.717) is 41.6 Å². The van der Waals surface area contributed by atoms with Crippen LogP contribution in [0.2, 0.25) is 0 Å². The molecular weight excluding hydrogens is 628 g/mol. The van der Waals surface area contributed by atoms with E-state index in [1.807, 2.05) is 42.5 Å². The van der Waals surface area contributed by atoms with Crippen LogP contribution in [0.1, 0.15) is 29.2 Å². The van der Waals surface area contributed by atoms with Gasteiger partial charge in [-0.2, -0.15) is 5.26 Å². The average Bonchev–Trinajstić information content (AvgIpc) is 3.03. The van der Waals surface area contributed by atoms with Crippen molar-refractivity contribution in [2.75, 3.05) is 13.2 Å². The summed E-state index contributed by atoms with van der Waals surface area (Å²) in [5, 5.41) is 31.5. The molecule has 0 spiro atoms. The van der Waals surface area contributed by atoms with Gasteiger partial charge in [-0.15, -0.1) is 0 Å². The number of rotatable bonds is 12. The molecule has 9 nitrogen and oxygen atoms in total. The molecule has 4 aromatic rings. The number of nitriles is 1. The number of nitrogens with one attached hydrogen (secondary N) is 1. The van der Waals surface area contributed by atoms with Crippen LogP contribution in [0.15, 0.2) is 83.3 Å². The van der Waals surface area contributed by atoms with Gasteiger partial charge in [-0.3, -0.25) is 10.1 Å². The molecule has 1 aliphatic rings. The van der Waals surface area contributed by atoms with E-state index in [2.05, 4.69) is 27.3 Å². The molecule has 0 bridgehead atoms. The monoisotopic (exact) mass is 658 g/mol. The number of carbonyl (C=O) groups is 1. The van der Waals surface area contributed by atoms with E-state index in [4.69, 9.17) is 18.9 Å². The zero-order chi connectivity index (χ0) is 31.1. The number of fused-ring (bicyclic) bond motifs is 1. The van der Waals surface area contributed by atoms with Gasteiger partial charge in [0.05, 0.1) is 17.7 Å².